The number of aryl methyl sites for hydroxylation is 1. The minimum Gasteiger partial charge on any atom is -0.395 e. The standard InChI is InChI=1S/C17H20N4O2S/c1-3-20(6-7-22)17(23)14-9-12(2)19-16-15(14)10-18-21(16)11-13-5-4-8-24-13/h4-5,8-10,22H,3,6-7,11H2,1-2H3. The number of fused-ring (bicyclic) bond motifs is 1. The van der Waals surface area contributed by atoms with E-state index in [0.717, 1.165) is 11.1 Å². The Hall–Kier alpha value is -2.25. The molecule has 1 amide bonds. The van der Waals surface area contributed by atoms with Crippen LogP contribution in [0.25, 0.3) is 11.0 Å². The van der Waals surface area contributed by atoms with Crippen molar-refractivity contribution in [1.29, 1.82) is 0 Å². The molecule has 3 aromatic rings. The van der Waals surface area contributed by atoms with Crippen LogP contribution in [0.2, 0.25) is 0 Å². The maximum Gasteiger partial charge on any atom is 0.254 e. The molecule has 3 rings (SSSR count). The summed E-state index contributed by atoms with van der Waals surface area (Å²) in [5.41, 5.74) is 2.08. The predicted octanol–water partition coefficient (Wildman–Crippen LogP) is 2.30. The molecule has 0 aliphatic rings. The van der Waals surface area contributed by atoms with Gasteiger partial charge >= 0.3 is 0 Å². The minimum atomic E-state index is -0.0993. The molecule has 3 heterocycles. The van der Waals surface area contributed by atoms with Crippen LogP contribution in [0.4, 0.5) is 0 Å². The molecule has 0 radical (unpaired) electrons. The summed E-state index contributed by atoms with van der Waals surface area (Å²) in [4.78, 5) is 20.2. The Morgan fingerprint density at radius 3 is 2.96 bits per heavy atom. The SMILES string of the molecule is CCN(CCO)C(=O)c1cc(C)nc2c1cnn2Cc1cccs1. The van der Waals surface area contributed by atoms with Crippen LogP contribution in [0.1, 0.15) is 27.9 Å². The van der Waals surface area contributed by atoms with E-state index in [1.165, 1.54) is 4.88 Å². The van der Waals surface area contributed by atoms with Crippen molar-refractivity contribution in [3.8, 4) is 0 Å². The summed E-state index contributed by atoms with van der Waals surface area (Å²) in [5.74, 6) is -0.0993. The number of pyridine rings is 1. The lowest BCUT2D eigenvalue weighted by Gasteiger charge is -2.20. The van der Waals surface area contributed by atoms with Gasteiger partial charge in [0.2, 0.25) is 0 Å². The molecular weight excluding hydrogens is 324 g/mol. The summed E-state index contributed by atoms with van der Waals surface area (Å²) in [6.07, 6.45) is 1.70. The van der Waals surface area contributed by atoms with Crippen molar-refractivity contribution in [3.63, 3.8) is 0 Å². The van der Waals surface area contributed by atoms with E-state index in [4.69, 9.17) is 5.11 Å². The van der Waals surface area contributed by atoms with E-state index in [1.807, 2.05) is 30.0 Å². The molecule has 0 saturated carbocycles. The van der Waals surface area contributed by atoms with Gasteiger partial charge in [0.15, 0.2) is 5.65 Å². The van der Waals surface area contributed by atoms with Crippen molar-refractivity contribution >= 4 is 28.3 Å². The van der Waals surface area contributed by atoms with Gasteiger partial charge < -0.3 is 10.0 Å². The topological polar surface area (TPSA) is 71.2 Å². The number of aromatic nitrogens is 3. The fraction of sp³-hybridized carbons (Fsp3) is 0.353. The highest BCUT2D eigenvalue weighted by Crippen LogP contribution is 2.21. The van der Waals surface area contributed by atoms with Crippen LogP contribution < -0.4 is 0 Å². The Bertz CT molecular complexity index is 842. The number of rotatable bonds is 6. The molecule has 0 saturated heterocycles. The molecule has 0 bridgehead atoms. The van der Waals surface area contributed by atoms with Gasteiger partial charge in [0, 0.05) is 23.7 Å². The summed E-state index contributed by atoms with van der Waals surface area (Å²) in [7, 11) is 0. The Balaban J connectivity index is 2.03. The summed E-state index contributed by atoms with van der Waals surface area (Å²) in [6.45, 7) is 5.23. The summed E-state index contributed by atoms with van der Waals surface area (Å²) in [5, 5.41) is 16.4. The average molecular weight is 344 g/mol. The van der Waals surface area contributed by atoms with Gasteiger partial charge in [-0.15, -0.1) is 11.3 Å². The number of carbonyl (C=O) groups is 1. The zero-order valence-electron chi connectivity index (χ0n) is 13.8. The van der Waals surface area contributed by atoms with Gasteiger partial charge in [-0.25, -0.2) is 9.67 Å². The molecule has 0 unspecified atom stereocenters. The van der Waals surface area contributed by atoms with Crippen LogP contribution in [0.5, 0.6) is 0 Å². The molecule has 0 aliphatic carbocycles. The Morgan fingerprint density at radius 1 is 1.46 bits per heavy atom. The van der Waals surface area contributed by atoms with Crippen LogP contribution in [-0.4, -0.2) is 50.4 Å². The molecule has 7 heteroatoms. The van der Waals surface area contributed by atoms with Gasteiger partial charge in [0.05, 0.1) is 30.3 Å². The molecule has 0 fully saturated rings. The molecule has 126 valence electrons. The van der Waals surface area contributed by atoms with E-state index >= 15 is 0 Å². The van der Waals surface area contributed by atoms with E-state index in [-0.39, 0.29) is 12.5 Å². The first kappa shape index (κ1) is 16.6. The van der Waals surface area contributed by atoms with Crippen molar-refractivity contribution in [2.75, 3.05) is 19.7 Å². The number of amides is 1. The second-order valence-electron chi connectivity index (χ2n) is 5.54. The number of aliphatic hydroxyl groups is 1. The van der Waals surface area contributed by atoms with Gasteiger partial charge in [-0.2, -0.15) is 5.10 Å². The number of aliphatic hydroxyl groups excluding tert-OH is 1. The lowest BCUT2D eigenvalue weighted by atomic mass is 10.1. The number of thiophene rings is 1. The van der Waals surface area contributed by atoms with Gasteiger partial charge in [-0.05, 0) is 31.4 Å². The highest BCUT2D eigenvalue weighted by Gasteiger charge is 2.20. The quantitative estimate of drug-likeness (QED) is 0.745. The van der Waals surface area contributed by atoms with Crippen LogP contribution >= 0.6 is 11.3 Å². The fourth-order valence-corrected chi connectivity index (χ4v) is 3.40. The molecular formula is C17H20N4O2S. The normalized spacial score (nSPS) is 11.1. The van der Waals surface area contributed by atoms with Crippen molar-refractivity contribution in [2.24, 2.45) is 0 Å². The number of likely N-dealkylation sites (N-methyl/N-ethyl adjacent to an activating group) is 1. The van der Waals surface area contributed by atoms with Crippen LogP contribution in [0.3, 0.4) is 0 Å². The molecule has 0 atom stereocenters. The first-order valence-corrected chi connectivity index (χ1v) is 8.77. The Morgan fingerprint density at radius 2 is 2.29 bits per heavy atom. The molecule has 24 heavy (non-hydrogen) atoms. The number of carbonyl (C=O) groups excluding carboxylic acids is 1. The van der Waals surface area contributed by atoms with E-state index < -0.39 is 0 Å². The lowest BCUT2D eigenvalue weighted by molar-refractivity contribution is 0.0734. The molecule has 3 aromatic heterocycles. The van der Waals surface area contributed by atoms with E-state index in [9.17, 15) is 4.79 Å². The van der Waals surface area contributed by atoms with Crippen molar-refractivity contribution < 1.29 is 9.90 Å². The number of hydrogen-bond acceptors (Lipinski definition) is 5. The van der Waals surface area contributed by atoms with Crippen molar-refractivity contribution in [3.05, 3.63) is 45.9 Å². The van der Waals surface area contributed by atoms with Crippen LogP contribution in [0, 0.1) is 6.92 Å². The molecule has 0 aromatic carbocycles. The maximum absolute atomic E-state index is 12.8. The van der Waals surface area contributed by atoms with Crippen LogP contribution in [-0.2, 0) is 6.54 Å². The first-order valence-electron chi connectivity index (χ1n) is 7.89. The lowest BCUT2D eigenvalue weighted by Crippen LogP contribution is -2.33. The third-order valence-corrected chi connectivity index (χ3v) is 4.75. The zero-order valence-corrected chi connectivity index (χ0v) is 14.6. The summed E-state index contributed by atoms with van der Waals surface area (Å²) >= 11 is 1.67. The third kappa shape index (κ3) is 3.18. The molecule has 6 nitrogen and oxygen atoms in total. The smallest absolute Gasteiger partial charge is 0.254 e. The average Bonchev–Trinajstić information content (AvgIpc) is 3.22. The second-order valence-corrected chi connectivity index (χ2v) is 6.57. The minimum absolute atomic E-state index is 0.0512. The molecule has 0 spiro atoms. The number of hydrogen-bond donors (Lipinski definition) is 1. The van der Waals surface area contributed by atoms with Gasteiger partial charge in [-0.1, -0.05) is 6.07 Å². The Kier molecular flexibility index (Phi) is 4.92. The van der Waals surface area contributed by atoms with Crippen molar-refractivity contribution in [2.45, 2.75) is 20.4 Å². The van der Waals surface area contributed by atoms with Crippen LogP contribution in [0.15, 0.2) is 29.8 Å². The third-order valence-electron chi connectivity index (χ3n) is 3.89. The number of nitrogens with zero attached hydrogens (tertiary/aromatic N) is 4. The Labute approximate surface area is 144 Å². The van der Waals surface area contributed by atoms with Crippen molar-refractivity contribution in [1.82, 2.24) is 19.7 Å². The second kappa shape index (κ2) is 7.11. The van der Waals surface area contributed by atoms with Gasteiger partial charge in [0.25, 0.3) is 5.91 Å². The zero-order chi connectivity index (χ0) is 17.1. The first-order chi connectivity index (χ1) is 11.6. The highest BCUT2D eigenvalue weighted by molar-refractivity contribution is 7.09. The van der Waals surface area contributed by atoms with E-state index in [2.05, 4.69) is 16.1 Å². The van der Waals surface area contributed by atoms with Gasteiger partial charge in [0.1, 0.15) is 0 Å². The monoisotopic (exact) mass is 344 g/mol. The predicted molar refractivity (Wildman–Crippen MR) is 94.3 cm³/mol. The molecule has 0 aliphatic heterocycles. The van der Waals surface area contributed by atoms with E-state index in [1.54, 1.807) is 28.5 Å². The largest absolute Gasteiger partial charge is 0.395 e. The highest BCUT2D eigenvalue weighted by atomic mass is 32.1. The maximum atomic E-state index is 12.8. The molecule has 1 N–H and O–H groups in total. The summed E-state index contributed by atoms with van der Waals surface area (Å²) in [6, 6.07) is 5.86. The summed E-state index contributed by atoms with van der Waals surface area (Å²) < 4.78 is 1.83. The fourth-order valence-electron chi connectivity index (χ4n) is 2.71. The van der Waals surface area contributed by atoms with Gasteiger partial charge in [-0.3, -0.25) is 4.79 Å². The van der Waals surface area contributed by atoms with E-state index in [0.29, 0.717) is 30.8 Å².